The van der Waals surface area contributed by atoms with E-state index >= 15 is 0 Å². The van der Waals surface area contributed by atoms with Gasteiger partial charge in [-0.05, 0) is 12.8 Å². The third kappa shape index (κ3) is 17.7. The highest BCUT2D eigenvalue weighted by molar-refractivity contribution is 5.81. The molecule has 2 atom stereocenters. The first-order valence-corrected chi connectivity index (χ1v) is 12.8. The molecule has 2 unspecified atom stereocenters. The molecule has 0 aliphatic heterocycles. The lowest BCUT2D eigenvalue weighted by atomic mass is 9.92. The Morgan fingerprint density at radius 2 is 0.964 bits per heavy atom. The molecule has 0 bridgehead atoms. The molecule has 0 aromatic carbocycles. The molecule has 168 valence electrons. The smallest absolute Gasteiger partial charge is 0.138 e. The number of carbonyl (C=O) groups excluding carboxylic acids is 1. The Morgan fingerprint density at radius 1 is 0.607 bits per heavy atom. The van der Waals surface area contributed by atoms with Gasteiger partial charge in [0, 0.05) is 12.3 Å². The van der Waals surface area contributed by atoms with Crippen LogP contribution >= 0.6 is 0 Å². The van der Waals surface area contributed by atoms with E-state index in [-0.39, 0.29) is 11.7 Å². The van der Waals surface area contributed by atoms with Gasteiger partial charge in [0.1, 0.15) is 5.78 Å². The zero-order valence-corrected chi connectivity index (χ0v) is 19.7. The molecule has 0 saturated heterocycles. The molecule has 2 heteroatoms. The highest BCUT2D eigenvalue weighted by Crippen LogP contribution is 2.18. The van der Waals surface area contributed by atoms with Crippen LogP contribution in [-0.2, 0) is 4.79 Å². The molecule has 0 fully saturated rings. The van der Waals surface area contributed by atoms with Gasteiger partial charge in [-0.2, -0.15) is 0 Å². The molecular formula is C26H52O2. The zero-order valence-electron chi connectivity index (χ0n) is 19.7. The van der Waals surface area contributed by atoms with Crippen LogP contribution in [0, 0.1) is 5.92 Å². The second-order valence-electron chi connectivity index (χ2n) is 9.02. The highest BCUT2D eigenvalue weighted by Gasteiger charge is 2.20. The number of Topliss-reactive ketones (excluding diaryl/α,β-unsaturated/α-hetero) is 1. The number of aliphatic hydroxyl groups is 1. The maximum absolute atomic E-state index is 12.3. The summed E-state index contributed by atoms with van der Waals surface area (Å²) in [4.78, 5) is 12.3. The molecule has 0 radical (unpaired) electrons. The lowest BCUT2D eigenvalue weighted by Crippen LogP contribution is -2.25. The van der Waals surface area contributed by atoms with Crippen LogP contribution in [0.5, 0.6) is 0 Å². The molecule has 0 saturated carbocycles. The fourth-order valence-corrected chi connectivity index (χ4v) is 3.97. The maximum atomic E-state index is 12.3. The third-order valence-corrected chi connectivity index (χ3v) is 6.22. The van der Waals surface area contributed by atoms with Crippen LogP contribution in [0.4, 0.5) is 0 Å². The van der Waals surface area contributed by atoms with Gasteiger partial charge in [0.15, 0.2) is 0 Å². The lowest BCUT2D eigenvalue weighted by molar-refractivity contribution is -0.125. The van der Waals surface area contributed by atoms with Gasteiger partial charge in [0.05, 0.1) is 6.10 Å². The molecule has 0 aliphatic carbocycles. The van der Waals surface area contributed by atoms with E-state index in [9.17, 15) is 9.90 Å². The molecule has 0 amide bonds. The van der Waals surface area contributed by atoms with Crippen molar-refractivity contribution in [2.45, 2.75) is 155 Å². The van der Waals surface area contributed by atoms with Crippen molar-refractivity contribution in [3.05, 3.63) is 0 Å². The molecule has 0 aromatic heterocycles. The lowest BCUT2D eigenvalue weighted by Gasteiger charge is -2.17. The van der Waals surface area contributed by atoms with E-state index in [0.717, 1.165) is 19.3 Å². The van der Waals surface area contributed by atoms with Crippen LogP contribution in [-0.4, -0.2) is 17.0 Å². The Balaban J connectivity index is 3.50. The summed E-state index contributed by atoms with van der Waals surface area (Å²) in [6.45, 7) is 6.44. The van der Waals surface area contributed by atoms with Crippen LogP contribution in [0.1, 0.15) is 149 Å². The summed E-state index contributed by atoms with van der Waals surface area (Å²) in [5.74, 6) is 0.0914. The molecule has 0 rings (SSSR count). The van der Waals surface area contributed by atoms with Crippen LogP contribution in [0.15, 0.2) is 0 Å². The van der Waals surface area contributed by atoms with Crippen molar-refractivity contribution in [1.29, 1.82) is 0 Å². The van der Waals surface area contributed by atoms with Crippen molar-refractivity contribution in [3.8, 4) is 0 Å². The van der Waals surface area contributed by atoms with Crippen molar-refractivity contribution >= 4 is 5.78 Å². The minimum Gasteiger partial charge on any atom is -0.392 e. The fourth-order valence-electron chi connectivity index (χ4n) is 3.97. The van der Waals surface area contributed by atoms with Gasteiger partial charge in [-0.15, -0.1) is 0 Å². The van der Waals surface area contributed by atoms with E-state index in [1.807, 2.05) is 6.92 Å². The van der Waals surface area contributed by atoms with E-state index in [0.29, 0.717) is 6.42 Å². The number of hydrogen-bond donors (Lipinski definition) is 1. The Labute approximate surface area is 177 Å². The minimum absolute atomic E-state index is 0.178. The largest absolute Gasteiger partial charge is 0.392 e. The Bertz CT molecular complexity index is 326. The van der Waals surface area contributed by atoms with Crippen LogP contribution in [0.2, 0.25) is 0 Å². The number of aliphatic hydroxyl groups excluding tert-OH is 1. The molecule has 0 aromatic rings. The quantitative estimate of drug-likeness (QED) is 0.186. The summed E-state index contributed by atoms with van der Waals surface area (Å²) in [7, 11) is 0. The summed E-state index contributed by atoms with van der Waals surface area (Å²) in [5, 5.41) is 10.3. The second-order valence-corrected chi connectivity index (χ2v) is 9.02. The minimum atomic E-state index is -0.435. The number of hydrogen-bond acceptors (Lipinski definition) is 2. The summed E-state index contributed by atoms with van der Waals surface area (Å²) in [6.07, 6.45) is 24.2. The van der Waals surface area contributed by atoms with Crippen LogP contribution in [0.3, 0.4) is 0 Å². The van der Waals surface area contributed by atoms with E-state index in [1.165, 1.54) is 103 Å². The summed E-state index contributed by atoms with van der Waals surface area (Å²) in [5.41, 5.74) is 0. The van der Waals surface area contributed by atoms with Gasteiger partial charge in [0.2, 0.25) is 0 Å². The maximum Gasteiger partial charge on any atom is 0.138 e. The average Bonchev–Trinajstić information content (AvgIpc) is 2.70. The first kappa shape index (κ1) is 27.6. The Kier molecular flexibility index (Phi) is 21.1. The summed E-state index contributed by atoms with van der Waals surface area (Å²) >= 11 is 0. The first-order valence-electron chi connectivity index (χ1n) is 12.8. The molecule has 2 nitrogen and oxygen atoms in total. The monoisotopic (exact) mass is 396 g/mol. The van der Waals surface area contributed by atoms with Gasteiger partial charge in [-0.25, -0.2) is 0 Å². The number of unbranched alkanes of at least 4 members (excludes halogenated alkanes) is 16. The standard InChI is InChI=1S/C26H52O2/c1-4-6-8-10-12-14-15-17-19-21-23-26(28)24(3)25(27)22-20-18-16-13-11-9-7-5-2/h24,26,28H,4-23H2,1-3H3. The topological polar surface area (TPSA) is 37.3 Å². The number of rotatable bonds is 22. The normalized spacial score (nSPS) is 13.6. The summed E-state index contributed by atoms with van der Waals surface area (Å²) in [6, 6.07) is 0. The van der Waals surface area contributed by atoms with Crippen molar-refractivity contribution in [1.82, 2.24) is 0 Å². The van der Waals surface area contributed by atoms with Gasteiger partial charge in [0.25, 0.3) is 0 Å². The van der Waals surface area contributed by atoms with Gasteiger partial charge >= 0.3 is 0 Å². The van der Waals surface area contributed by atoms with Crippen molar-refractivity contribution < 1.29 is 9.90 Å². The van der Waals surface area contributed by atoms with E-state index in [1.54, 1.807) is 0 Å². The van der Waals surface area contributed by atoms with Gasteiger partial charge < -0.3 is 5.11 Å². The van der Waals surface area contributed by atoms with Crippen LogP contribution < -0.4 is 0 Å². The van der Waals surface area contributed by atoms with Gasteiger partial charge in [-0.1, -0.05) is 130 Å². The highest BCUT2D eigenvalue weighted by atomic mass is 16.3. The van der Waals surface area contributed by atoms with E-state index in [4.69, 9.17) is 0 Å². The Hall–Kier alpha value is -0.370. The SMILES string of the molecule is CCCCCCCCCCCCC(O)C(C)C(=O)CCCCCCCCCC. The number of ketones is 1. The van der Waals surface area contributed by atoms with Crippen molar-refractivity contribution in [2.75, 3.05) is 0 Å². The predicted molar refractivity (Wildman–Crippen MR) is 124 cm³/mol. The third-order valence-electron chi connectivity index (χ3n) is 6.22. The predicted octanol–water partition coefficient (Wildman–Crippen LogP) is 8.39. The molecular weight excluding hydrogens is 344 g/mol. The van der Waals surface area contributed by atoms with Crippen molar-refractivity contribution in [3.63, 3.8) is 0 Å². The van der Waals surface area contributed by atoms with Gasteiger partial charge in [-0.3, -0.25) is 4.79 Å². The molecule has 1 N–H and O–H groups in total. The van der Waals surface area contributed by atoms with Crippen molar-refractivity contribution in [2.24, 2.45) is 5.92 Å². The fraction of sp³-hybridized carbons (Fsp3) is 0.962. The van der Waals surface area contributed by atoms with Crippen LogP contribution in [0.25, 0.3) is 0 Å². The van der Waals surface area contributed by atoms with E-state index in [2.05, 4.69) is 13.8 Å². The molecule has 0 aliphatic rings. The second kappa shape index (κ2) is 21.3. The zero-order chi connectivity index (χ0) is 20.9. The molecule has 0 heterocycles. The molecule has 28 heavy (non-hydrogen) atoms. The Morgan fingerprint density at radius 3 is 1.39 bits per heavy atom. The summed E-state index contributed by atoms with van der Waals surface area (Å²) < 4.78 is 0. The molecule has 0 spiro atoms. The van der Waals surface area contributed by atoms with E-state index < -0.39 is 6.10 Å². The number of carbonyl (C=O) groups is 1. The average molecular weight is 397 g/mol. The first-order chi connectivity index (χ1) is 13.6.